The summed E-state index contributed by atoms with van der Waals surface area (Å²) >= 11 is 0. The second-order valence-electron chi connectivity index (χ2n) is 7.87. The Balaban J connectivity index is 1.28. The SMILES string of the molecule is O=C(c1ccc(F)cc1)N1CCC(C(=O)N2CCN(c3ccccc3O)CC2)CC1. The molecule has 2 saturated heterocycles. The van der Waals surface area contributed by atoms with E-state index in [9.17, 15) is 19.1 Å². The molecule has 4 rings (SSSR count). The Labute approximate surface area is 175 Å². The fraction of sp³-hybridized carbons (Fsp3) is 0.391. The van der Waals surface area contributed by atoms with Crippen LogP contribution in [0.25, 0.3) is 0 Å². The number of amides is 2. The number of rotatable bonds is 3. The molecule has 2 heterocycles. The zero-order valence-electron chi connectivity index (χ0n) is 16.8. The molecule has 0 spiro atoms. The number of carbonyl (C=O) groups excluding carboxylic acids is 2. The molecule has 0 aromatic heterocycles. The van der Waals surface area contributed by atoms with E-state index in [0.717, 1.165) is 5.69 Å². The largest absolute Gasteiger partial charge is 0.506 e. The van der Waals surface area contributed by atoms with E-state index in [0.29, 0.717) is 57.7 Å². The molecule has 0 bridgehead atoms. The fourth-order valence-electron chi connectivity index (χ4n) is 4.26. The van der Waals surface area contributed by atoms with Crippen LogP contribution in [0.5, 0.6) is 5.75 Å². The quantitative estimate of drug-likeness (QED) is 0.844. The van der Waals surface area contributed by atoms with E-state index < -0.39 is 0 Å². The summed E-state index contributed by atoms with van der Waals surface area (Å²) in [6.07, 6.45) is 1.29. The molecular formula is C23H26FN3O3. The predicted octanol–water partition coefficient (Wildman–Crippen LogP) is 2.73. The smallest absolute Gasteiger partial charge is 0.253 e. The number of piperidine rings is 1. The first-order valence-electron chi connectivity index (χ1n) is 10.4. The molecule has 2 aromatic carbocycles. The number of carbonyl (C=O) groups is 2. The third kappa shape index (κ3) is 4.25. The Morgan fingerprint density at radius 1 is 0.833 bits per heavy atom. The van der Waals surface area contributed by atoms with E-state index >= 15 is 0 Å². The van der Waals surface area contributed by atoms with E-state index in [4.69, 9.17) is 0 Å². The number of piperazine rings is 1. The molecule has 0 atom stereocenters. The van der Waals surface area contributed by atoms with E-state index in [1.54, 1.807) is 17.0 Å². The lowest BCUT2D eigenvalue weighted by Gasteiger charge is -2.39. The molecule has 30 heavy (non-hydrogen) atoms. The zero-order chi connectivity index (χ0) is 21.1. The van der Waals surface area contributed by atoms with Crippen LogP contribution < -0.4 is 4.90 Å². The van der Waals surface area contributed by atoms with Crippen LogP contribution in [-0.4, -0.2) is 66.0 Å². The molecule has 158 valence electrons. The monoisotopic (exact) mass is 411 g/mol. The summed E-state index contributed by atoms with van der Waals surface area (Å²) in [6, 6.07) is 12.8. The van der Waals surface area contributed by atoms with Gasteiger partial charge in [-0.2, -0.15) is 0 Å². The van der Waals surface area contributed by atoms with Gasteiger partial charge in [-0.15, -0.1) is 0 Å². The van der Waals surface area contributed by atoms with Crippen LogP contribution in [0.3, 0.4) is 0 Å². The lowest BCUT2D eigenvalue weighted by atomic mass is 9.94. The van der Waals surface area contributed by atoms with Crippen molar-refractivity contribution in [2.75, 3.05) is 44.2 Å². The van der Waals surface area contributed by atoms with Crippen molar-refractivity contribution < 1.29 is 19.1 Å². The first-order valence-corrected chi connectivity index (χ1v) is 10.4. The molecule has 2 aliphatic rings. The number of phenolic OH excluding ortho intramolecular Hbond substituents is 1. The Bertz CT molecular complexity index is 902. The number of anilines is 1. The van der Waals surface area contributed by atoms with Gasteiger partial charge in [0, 0.05) is 50.7 Å². The number of phenols is 1. The fourth-order valence-corrected chi connectivity index (χ4v) is 4.26. The number of hydrogen-bond donors (Lipinski definition) is 1. The third-order valence-corrected chi connectivity index (χ3v) is 6.04. The van der Waals surface area contributed by atoms with Gasteiger partial charge in [0.25, 0.3) is 5.91 Å². The normalized spacial score (nSPS) is 17.8. The molecule has 2 aliphatic heterocycles. The van der Waals surface area contributed by atoms with Gasteiger partial charge in [-0.3, -0.25) is 9.59 Å². The van der Waals surface area contributed by atoms with Crippen molar-refractivity contribution in [3.05, 3.63) is 59.9 Å². The van der Waals surface area contributed by atoms with E-state index in [1.165, 1.54) is 24.3 Å². The lowest BCUT2D eigenvalue weighted by molar-refractivity contribution is -0.137. The Kier molecular flexibility index (Phi) is 5.88. The van der Waals surface area contributed by atoms with Gasteiger partial charge in [0.2, 0.25) is 5.91 Å². The first-order chi connectivity index (χ1) is 14.5. The van der Waals surface area contributed by atoms with Crippen molar-refractivity contribution in [2.45, 2.75) is 12.8 Å². The van der Waals surface area contributed by atoms with Gasteiger partial charge in [0.05, 0.1) is 5.69 Å². The van der Waals surface area contributed by atoms with Crippen molar-refractivity contribution in [1.82, 2.24) is 9.80 Å². The number of benzene rings is 2. The molecule has 2 amide bonds. The highest BCUT2D eigenvalue weighted by Crippen LogP contribution is 2.28. The number of nitrogens with zero attached hydrogens (tertiary/aromatic N) is 3. The van der Waals surface area contributed by atoms with Crippen molar-refractivity contribution in [3.63, 3.8) is 0 Å². The minimum absolute atomic E-state index is 0.0704. The second-order valence-corrected chi connectivity index (χ2v) is 7.87. The molecule has 0 unspecified atom stereocenters. The molecule has 7 heteroatoms. The molecule has 2 aromatic rings. The molecule has 0 radical (unpaired) electrons. The third-order valence-electron chi connectivity index (χ3n) is 6.04. The second kappa shape index (κ2) is 8.73. The highest BCUT2D eigenvalue weighted by Gasteiger charge is 2.32. The van der Waals surface area contributed by atoms with Crippen molar-refractivity contribution >= 4 is 17.5 Å². The summed E-state index contributed by atoms with van der Waals surface area (Å²) < 4.78 is 13.1. The minimum Gasteiger partial charge on any atom is -0.506 e. The first kappa shape index (κ1) is 20.2. The maximum Gasteiger partial charge on any atom is 0.253 e. The highest BCUT2D eigenvalue weighted by atomic mass is 19.1. The standard InChI is InChI=1S/C23H26FN3O3/c24-19-7-5-17(6-8-19)22(29)26-11-9-18(10-12-26)23(30)27-15-13-25(14-16-27)20-3-1-2-4-21(20)28/h1-8,18,28H,9-16H2. The molecule has 1 N–H and O–H groups in total. The number of hydrogen-bond acceptors (Lipinski definition) is 4. The summed E-state index contributed by atoms with van der Waals surface area (Å²) in [7, 11) is 0. The molecule has 6 nitrogen and oxygen atoms in total. The van der Waals surface area contributed by atoms with Gasteiger partial charge in [-0.25, -0.2) is 4.39 Å². The van der Waals surface area contributed by atoms with Gasteiger partial charge >= 0.3 is 0 Å². The average Bonchev–Trinajstić information content (AvgIpc) is 2.79. The molecule has 0 saturated carbocycles. The van der Waals surface area contributed by atoms with E-state index in [1.807, 2.05) is 17.0 Å². The van der Waals surface area contributed by atoms with Crippen molar-refractivity contribution in [1.29, 1.82) is 0 Å². The van der Waals surface area contributed by atoms with Crippen molar-refractivity contribution in [2.24, 2.45) is 5.92 Å². The molecular weight excluding hydrogens is 385 g/mol. The highest BCUT2D eigenvalue weighted by molar-refractivity contribution is 5.94. The summed E-state index contributed by atoms with van der Waals surface area (Å²) in [5.74, 6) is -0.133. The molecule has 2 fully saturated rings. The van der Waals surface area contributed by atoms with Gasteiger partial charge in [0.15, 0.2) is 0 Å². The summed E-state index contributed by atoms with van der Waals surface area (Å²) in [4.78, 5) is 31.3. The van der Waals surface area contributed by atoms with E-state index in [2.05, 4.69) is 4.90 Å². The maximum absolute atomic E-state index is 13.1. The Morgan fingerprint density at radius 2 is 1.47 bits per heavy atom. The summed E-state index contributed by atoms with van der Waals surface area (Å²) in [5.41, 5.74) is 1.28. The van der Waals surface area contributed by atoms with Gasteiger partial charge in [-0.05, 0) is 49.2 Å². The predicted molar refractivity (Wildman–Crippen MR) is 112 cm³/mol. The zero-order valence-corrected chi connectivity index (χ0v) is 16.8. The number of aromatic hydroxyl groups is 1. The maximum atomic E-state index is 13.1. The van der Waals surface area contributed by atoms with Crippen LogP contribution in [0.2, 0.25) is 0 Å². The van der Waals surface area contributed by atoms with Crippen molar-refractivity contribution in [3.8, 4) is 5.75 Å². The Morgan fingerprint density at radius 3 is 2.10 bits per heavy atom. The van der Waals surface area contributed by atoms with Crippen LogP contribution in [0.1, 0.15) is 23.2 Å². The average molecular weight is 411 g/mol. The van der Waals surface area contributed by atoms with Crippen LogP contribution in [0.4, 0.5) is 10.1 Å². The summed E-state index contributed by atoms with van der Waals surface area (Å²) in [6.45, 7) is 3.69. The van der Waals surface area contributed by atoms with E-state index in [-0.39, 0.29) is 29.3 Å². The Hall–Kier alpha value is -3.09. The minimum atomic E-state index is -0.363. The summed E-state index contributed by atoms with van der Waals surface area (Å²) in [5, 5.41) is 10.0. The number of halogens is 1. The lowest BCUT2D eigenvalue weighted by Crippen LogP contribution is -2.52. The van der Waals surface area contributed by atoms with Crippen LogP contribution in [-0.2, 0) is 4.79 Å². The van der Waals surface area contributed by atoms with Crippen LogP contribution in [0, 0.1) is 11.7 Å². The topological polar surface area (TPSA) is 64.1 Å². The van der Waals surface area contributed by atoms with Gasteiger partial charge in [0.1, 0.15) is 11.6 Å². The van der Waals surface area contributed by atoms with Gasteiger partial charge in [-0.1, -0.05) is 12.1 Å². The van der Waals surface area contributed by atoms with Crippen LogP contribution in [0.15, 0.2) is 48.5 Å². The van der Waals surface area contributed by atoms with Gasteiger partial charge < -0.3 is 19.8 Å². The number of para-hydroxylation sites is 2. The van der Waals surface area contributed by atoms with Crippen LogP contribution >= 0.6 is 0 Å². The molecule has 0 aliphatic carbocycles. The number of likely N-dealkylation sites (tertiary alicyclic amines) is 1.